The maximum atomic E-state index is 11.8. The molecule has 1 rings (SSSR count). The molecule has 0 bridgehead atoms. The molecule has 0 aromatic rings. The standard InChI is InChI=1S/C14H25NO4/c1-9(2)8-10(11-6-7-12(16)18-11)15-13(17)19-14(3,4)5/h9-11H,6-8H2,1-5H3,(H,15,17)/t10-,11+/m0/s1. The minimum Gasteiger partial charge on any atom is -0.460 e. The van der Waals surface area contributed by atoms with E-state index in [9.17, 15) is 9.59 Å². The van der Waals surface area contributed by atoms with Crippen LogP contribution in [0.4, 0.5) is 4.79 Å². The number of ether oxygens (including phenoxy) is 2. The number of hydrogen-bond donors (Lipinski definition) is 1. The van der Waals surface area contributed by atoms with Crippen molar-refractivity contribution in [3.05, 3.63) is 0 Å². The number of cyclic esters (lactones) is 1. The summed E-state index contributed by atoms with van der Waals surface area (Å²) in [4.78, 5) is 23.0. The summed E-state index contributed by atoms with van der Waals surface area (Å²) in [5.74, 6) is 0.212. The molecule has 0 unspecified atom stereocenters. The van der Waals surface area contributed by atoms with Crippen molar-refractivity contribution in [2.75, 3.05) is 0 Å². The molecule has 1 amide bonds. The molecule has 1 fully saturated rings. The maximum Gasteiger partial charge on any atom is 0.408 e. The summed E-state index contributed by atoms with van der Waals surface area (Å²) in [5.41, 5.74) is -0.529. The summed E-state index contributed by atoms with van der Waals surface area (Å²) >= 11 is 0. The lowest BCUT2D eigenvalue weighted by Gasteiger charge is -2.27. The van der Waals surface area contributed by atoms with Crippen molar-refractivity contribution in [2.45, 2.75) is 71.6 Å². The molecule has 0 spiro atoms. The lowest BCUT2D eigenvalue weighted by atomic mass is 9.97. The number of amides is 1. The van der Waals surface area contributed by atoms with Crippen LogP contribution >= 0.6 is 0 Å². The first-order valence-corrected chi connectivity index (χ1v) is 6.86. The first-order chi connectivity index (χ1) is 8.67. The van der Waals surface area contributed by atoms with Crippen LogP contribution < -0.4 is 5.32 Å². The van der Waals surface area contributed by atoms with E-state index < -0.39 is 11.7 Å². The molecule has 0 aromatic carbocycles. The van der Waals surface area contributed by atoms with E-state index in [-0.39, 0.29) is 18.1 Å². The molecule has 0 saturated carbocycles. The summed E-state index contributed by atoms with van der Waals surface area (Å²) in [6.45, 7) is 9.60. The number of nitrogens with one attached hydrogen (secondary N) is 1. The van der Waals surface area contributed by atoms with Crippen LogP contribution in [-0.4, -0.2) is 29.8 Å². The zero-order valence-electron chi connectivity index (χ0n) is 12.5. The van der Waals surface area contributed by atoms with Crippen LogP contribution in [0, 0.1) is 5.92 Å². The Balaban J connectivity index is 2.59. The van der Waals surface area contributed by atoms with Gasteiger partial charge in [-0.1, -0.05) is 13.8 Å². The summed E-state index contributed by atoms with van der Waals surface area (Å²) in [5, 5.41) is 2.83. The van der Waals surface area contributed by atoms with Gasteiger partial charge >= 0.3 is 12.1 Å². The Bertz CT molecular complexity index is 333. The Hall–Kier alpha value is -1.26. The van der Waals surface area contributed by atoms with Crippen LogP contribution in [0.3, 0.4) is 0 Å². The molecule has 1 saturated heterocycles. The van der Waals surface area contributed by atoms with Gasteiger partial charge in [0, 0.05) is 6.42 Å². The van der Waals surface area contributed by atoms with Gasteiger partial charge < -0.3 is 14.8 Å². The Kier molecular flexibility index (Phi) is 5.20. The minimum atomic E-state index is -0.529. The first-order valence-electron chi connectivity index (χ1n) is 6.86. The fourth-order valence-corrected chi connectivity index (χ4v) is 2.10. The molecule has 0 aliphatic carbocycles. The van der Waals surface area contributed by atoms with E-state index in [1.165, 1.54) is 0 Å². The molecule has 0 aromatic heterocycles. The van der Waals surface area contributed by atoms with Gasteiger partial charge in [0.2, 0.25) is 0 Å². The highest BCUT2D eigenvalue weighted by Crippen LogP contribution is 2.22. The Morgan fingerprint density at radius 2 is 2.11 bits per heavy atom. The van der Waals surface area contributed by atoms with E-state index in [4.69, 9.17) is 9.47 Å². The first kappa shape index (κ1) is 15.8. The van der Waals surface area contributed by atoms with Crippen LogP contribution in [0.1, 0.15) is 53.9 Å². The highest BCUT2D eigenvalue weighted by atomic mass is 16.6. The molecule has 0 radical (unpaired) electrons. The predicted octanol–water partition coefficient (Wildman–Crippen LogP) is 2.63. The summed E-state index contributed by atoms with van der Waals surface area (Å²) in [6.07, 6.45) is 1.15. The van der Waals surface area contributed by atoms with Crippen LogP contribution in [0.5, 0.6) is 0 Å². The average molecular weight is 271 g/mol. The molecule has 2 atom stereocenters. The van der Waals surface area contributed by atoms with Gasteiger partial charge in [-0.3, -0.25) is 4.79 Å². The molecule has 5 heteroatoms. The van der Waals surface area contributed by atoms with Crippen molar-refractivity contribution in [3.63, 3.8) is 0 Å². The Morgan fingerprint density at radius 1 is 1.47 bits per heavy atom. The number of carbonyl (C=O) groups excluding carboxylic acids is 2. The monoisotopic (exact) mass is 271 g/mol. The van der Waals surface area contributed by atoms with E-state index in [0.717, 1.165) is 6.42 Å². The lowest BCUT2D eigenvalue weighted by Crippen LogP contribution is -2.46. The van der Waals surface area contributed by atoms with Gasteiger partial charge in [0.25, 0.3) is 0 Å². The molecule has 1 aliphatic rings. The van der Waals surface area contributed by atoms with Gasteiger partial charge in [-0.25, -0.2) is 4.79 Å². The molecule has 5 nitrogen and oxygen atoms in total. The predicted molar refractivity (Wildman–Crippen MR) is 71.7 cm³/mol. The van der Waals surface area contributed by atoms with E-state index in [1.807, 2.05) is 20.8 Å². The second-order valence-corrected chi connectivity index (χ2v) is 6.45. The van der Waals surface area contributed by atoms with Crippen molar-refractivity contribution >= 4 is 12.1 Å². The number of rotatable bonds is 4. The molecule has 1 aliphatic heterocycles. The molecular weight excluding hydrogens is 246 g/mol. The third-order valence-corrected chi connectivity index (χ3v) is 2.79. The summed E-state index contributed by atoms with van der Waals surface area (Å²) < 4.78 is 10.5. The molecule has 1 heterocycles. The summed E-state index contributed by atoms with van der Waals surface area (Å²) in [7, 11) is 0. The smallest absolute Gasteiger partial charge is 0.408 e. The third-order valence-electron chi connectivity index (χ3n) is 2.79. The van der Waals surface area contributed by atoms with Crippen LogP contribution in [0.15, 0.2) is 0 Å². The zero-order chi connectivity index (χ0) is 14.6. The third kappa shape index (κ3) is 5.94. The normalized spacial score (nSPS) is 21.2. The quantitative estimate of drug-likeness (QED) is 0.798. The number of carbonyl (C=O) groups is 2. The largest absolute Gasteiger partial charge is 0.460 e. The van der Waals surface area contributed by atoms with Gasteiger partial charge in [0.1, 0.15) is 11.7 Å². The highest BCUT2D eigenvalue weighted by molar-refractivity contribution is 5.72. The number of hydrogen-bond acceptors (Lipinski definition) is 4. The fourth-order valence-electron chi connectivity index (χ4n) is 2.10. The summed E-state index contributed by atoms with van der Waals surface area (Å²) in [6, 6.07) is -0.179. The molecular formula is C14H25NO4. The van der Waals surface area contributed by atoms with E-state index in [2.05, 4.69) is 19.2 Å². The zero-order valence-corrected chi connectivity index (χ0v) is 12.5. The highest BCUT2D eigenvalue weighted by Gasteiger charge is 2.33. The van der Waals surface area contributed by atoms with Gasteiger partial charge in [-0.15, -0.1) is 0 Å². The van der Waals surface area contributed by atoms with Crippen LogP contribution in [-0.2, 0) is 14.3 Å². The maximum absolute atomic E-state index is 11.8. The fraction of sp³-hybridized carbons (Fsp3) is 0.857. The van der Waals surface area contributed by atoms with Crippen molar-refractivity contribution in [2.24, 2.45) is 5.92 Å². The van der Waals surface area contributed by atoms with Gasteiger partial charge in [-0.05, 0) is 39.5 Å². The molecule has 110 valence electrons. The van der Waals surface area contributed by atoms with Crippen molar-refractivity contribution in [1.29, 1.82) is 0 Å². The molecule has 19 heavy (non-hydrogen) atoms. The van der Waals surface area contributed by atoms with Gasteiger partial charge in [0.05, 0.1) is 6.04 Å². The second kappa shape index (κ2) is 6.26. The van der Waals surface area contributed by atoms with Gasteiger partial charge in [0.15, 0.2) is 0 Å². The van der Waals surface area contributed by atoms with Crippen LogP contribution in [0.2, 0.25) is 0 Å². The van der Waals surface area contributed by atoms with E-state index in [0.29, 0.717) is 18.8 Å². The van der Waals surface area contributed by atoms with E-state index in [1.54, 1.807) is 0 Å². The van der Waals surface area contributed by atoms with Crippen LogP contribution in [0.25, 0.3) is 0 Å². The van der Waals surface area contributed by atoms with Crippen molar-refractivity contribution < 1.29 is 19.1 Å². The second-order valence-electron chi connectivity index (χ2n) is 6.45. The Labute approximate surface area is 115 Å². The van der Waals surface area contributed by atoms with Gasteiger partial charge in [-0.2, -0.15) is 0 Å². The number of esters is 1. The lowest BCUT2D eigenvalue weighted by molar-refractivity contribution is -0.142. The number of alkyl carbamates (subject to hydrolysis) is 1. The average Bonchev–Trinajstić information content (AvgIpc) is 2.60. The molecule has 1 N–H and O–H groups in total. The SMILES string of the molecule is CC(C)C[C@H](NC(=O)OC(C)(C)C)[C@H]1CCC(=O)O1. The topological polar surface area (TPSA) is 64.6 Å². The van der Waals surface area contributed by atoms with Crippen molar-refractivity contribution in [1.82, 2.24) is 5.32 Å². The Morgan fingerprint density at radius 3 is 2.53 bits per heavy atom. The van der Waals surface area contributed by atoms with E-state index >= 15 is 0 Å². The minimum absolute atomic E-state index is 0.179. The van der Waals surface area contributed by atoms with Crippen molar-refractivity contribution in [3.8, 4) is 0 Å².